The van der Waals surface area contributed by atoms with E-state index >= 15 is 0 Å². The largest absolute Gasteiger partial charge is 0.416 e. The van der Waals surface area contributed by atoms with Gasteiger partial charge in [0, 0.05) is 24.1 Å². The number of aryl methyl sites for hydroxylation is 1. The van der Waals surface area contributed by atoms with Crippen molar-refractivity contribution >= 4 is 27.6 Å². The standard InChI is InChI=1S/C14H9F3N4/c1-21-10-4-8(14(15,16)17)2-3-9(10)11-12(21)7(5-18)6-20-13(11)19/h2-4,6H,1H3,(H2,19,20). The second kappa shape index (κ2) is 4.12. The molecule has 0 radical (unpaired) electrons. The molecule has 3 aromatic rings. The number of benzene rings is 1. The van der Waals surface area contributed by atoms with E-state index in [-0.39, 0.29) is 11.4 Å². The third kappa shape index (κ3) is 1.80. The minimum atomic E-state index is -4.42. The molecular weight excluding hydrogens is 281 g/mol. The Hall–Kier alpha value is -2.75. The van der Waals surface area contributed by atoms with Gasteiger partial charge in [0.25, 0.3) is 0 Å². The molecule has 106 valence electrons. The summed E-state index contributed by atoms with van der Waals surface area (Å²) in [4.78, 5) is 3.93. The molecule has 0 atom stereocenters. The van der Waals surface area contributed by atoms with Gasteiger partial charge >= 0.3 is 6.18 Å². The summed E-state index contributed by atoms with van der Waals surface area (Å²) in [5.41, 5.74) is 6.20. The first kappa shape index (κ1) is 13.2. The molecule has 0 aliphatic carbocycles. The zero-order valence-corrected chi connectivity index (χ0v) is 10.9. The van der Waals surface area contributed by atoms with Crippen LogP contribution in [0.15, 0.2) is 24.4 Å². The summed E-state index contributed by atoms with van der Waals surface area (Å²) < 4.78 is 40.0. The molecule has 1 aromatic carbocycles. The zero-order chi connectivity index (χ0) is 15.4. The number of fused-ring (bicyclic) bond motifs is 3. The molecule has 2 N–H and O–H groups in total. The Morgan fingerprint density at radius 3 is 2.67 bits per heavy atom. The van der Waals surface area contributed by atoms with Gasteiger partial charge in [0.2, 0.25) is 0 Å². The molecule has 3 rings (SSSR count). The summed E-state index contributed by atoms with van der Waals surface area (Å²) in [5.74, 6) is 0.189. The van der Waals surface area contributed by atoms with Crippen LogP contribution in [0, 0.1) is 11.3 Å². The Kier molecular flexibility index (Phi) is 2.60. The highest BCUT2D eigenvalue weighted by atomic mass is 19.4. The number of nitriles is 1. The van der Waals surface area contributed by atoms with E-state index in [1.807, 2.05) is 6.07 Å². The van der Waals surface area contributed by atoms with Crippen molar-refractivity contribution in [3.8, 4) is 6.07 Å². The number of pyridine rings is 1. The number of nitrogens with zero attached hydrogens (tertiary/aromatic N) is 3. The van der Waals surface area contributed by atoms with Crippen molar-refractivity contribution in [2.75, 3.05) is 5.73 Å². The molecule has 21 heavy (non-hydrogen) atoms. The first-order valence-electron chi connectivity index (χ1n) is 5.98. The number of hydrogen-bond acceptors (Lipinski definition) is 3. The van der Waals surface area contributed by atoms with Gasteiger partial charge in [0.05, 0.1) is 22.0 Å². The third-order valence-electron chi connectivity index (χ3n) is 3.49. The van der Waals surface area contributed by atoms with Crippen molar-refractivity contribution in [2.45, 2.75) is 6.18 Å². The first-order chi connectivity index (χ1) is 9.84. The number of nitrogens with two attached hydrogens (primary N) is 1. The maximum absolute atomic E-state index is 12.8. The topological polar surface area (TPSA) is 67.6 Å². The normalized spacial score (nSPS) is 12.0. The molecule has 2 aromatic heterocycles. The lowest BCUT2D eigenvalue weighted by Crippen LogP contribution is -2.04. The van der Waals surface area contributed by atoms with Crippen LogP contribution in [-0.4, -0.2) is 9.55 Å². The van der Waals surface area contributed by atoms with E-state index in [0.717, 1.165) is 12.1 Å². The second-order valence-corrected chi connectivity index (χ2v) is 4.68. The molecule has 0 fully saturated rings. The maximum atomic E-state index is 12.8. The van der Waals surface area contributed by atoms with Gasteiger partial charge in [-0.15, -0.1) is 0 Å². The predicted molar refractivity (Wildman–Crippen MR) is 72.3 cm³/mol. The van der Waals surface area contributed by atoms with Crippen molar-refractivity contribution in [3.63, 3.8) is 0 Å². The lowest BCUT2D eigenvalue weighted by Gasteiger charge is -2.07. The van der Waals surface area contributed by atoms with Crippen LogP contribution < -0.4 is 5.73 Å². The smallest absolute Gasteiger partial charge is 0.383 e. The van der Waals surface area contributed by atoms with Crippen LogP contribution in [0.5, 0.6) is 0 Å². The van der Waals surface area contributed by atoms with Crippen LogP contribution in [0.25, 0.3) is 21.8 Å². The summed E-state index contributed by atoms with van der Waals surface area (Å²) >= 11 is 0. The van der Waals surface area contributed by atoms with Gasteiger partial charge in [0.15, 0.2) is 0 Å². The zero-order valence-electron chi connectivity index (χ0n) is 10.9. The number of nitrogen functional groups attached to an aromatic ring is 1. The van der Waals surface area contributed by atoms with E-state index in [4.69, 9.17) is 11.0 Å². The van der Waals surface area contributed by atoms with E-state index in [1.165, 1.54) is 16.8 Å². The molecule has 0 aliphatic rings. The number of hydrogen-bond donors (Lipinski definition) is 1. The number of aromatic nitrogens is 2. The molecule has 0 bridgehead atoms. The van der Waals surface area contributed by atoms with Gasteiger partial charge in [-0.25, -0.2) is 4.98 Å². The monoisotopic (exact) mass is 290 g/mol. The Balaban J connectivity index is 2.52. The van der Waals surface area contributed by atoms with Crippen LogP contribution in [0.3, 0.4) is 0 Å². The van der Waals surface area contributed by atoms with E-state index in [0.29, 0.717) is 21.8 Å². The van der Waals surface area contributed by atoms with Gasteiger partial charge in [-0.05, 0) is 12.1 Å². The minimum Gasteiger partial charge on any atom is -0.383 e. The highest BCUT2D eigenvalue weighted by Gasteiger charge is 2.31. The van der Waals surface area contributed by atoms with Crippen LogP contribution in [0.4, 0.5) is 19.0 Å². The Morgan fingerprint density at radius 1 is 1.33 bits per heavy atom. The van der Waals surface area contributed by atoms with Gasteiger partial charge in [-0.1, -0.05) is 6.07 Å². The highest BCUT2D eigenvalue weighted by Crippen LogP contribution is 2.37. The minimum absolute atomic E-state index is 0.189. The molecule has 4 nitrogen and oxygen atoms in total. The lowest BCUT2D eigenvalue weighted by molar-refractivity contribution is -0.137. The van der Waals surface area contributed by atoms with Crippen LogP contribution in [0.2, 0.25) is 0 Å². The van der Waals surface area contributed by atoms with E-state index in [9.17, 15) is 13.2 Å². The van der Waals surface area contributed by atoms with Gasteiger partial charge in [-0.2, -0.15) is 18.4 Å². The Bertz CT molecular complexity index is 916. The fourth-order valence-corrected chi connectivity index (χ4v) is 2.53. The SMILES string of the molecule is Cn1c2cc(C(F)(F)F)ccc2c2c(N)ncc(C#N)c21. The first-order valence-corrected chi connectivity index (χ1v) is 5.98. The second-order valence-electron chi connectivity index (χ2n) is 4.68. The van der Waals surface area contributed by atoms with Gasteiger partial charge < -0.3 is 10.3 Å². The molecule has 0 saturated heterocycles. The predicted octanol–water partition coefficient (Wildman–Crippen LogP) is 3.20. The summed E-state index contributed by atoms with van der Waals surface area (Å²) in [6.45, 7) is 0. The number of halogens is 3. The van der Waals surface area contributed by atoms with Gasteiger partial charge in [-0.3, -0.25) is 0 Å². The quantitative estimate of drug-likeness (QED) is 0.691. The molecule has 7 heteroatoms. The van der Waals surface area contributed by atoms with Crippen molar-refractivity contribution in [1.29, 1.82) is 5.26 Å². The molecule has 0 amide bonds. The fourth-order valence-electron chi connectivity index (χ4n) is 2.53. The molecule has 0 saturated carbocycles. The molecule has 0 aliphatic heterocycles. The van der Waals surface area contributed by atoms with Crippen LogP contribution in [-0.2, 0) is 13.2 Å². The van der Waals surface area contributed by atoms with E-state index in [1.54, 1.807) is 7.05 Å². The van der Waals surface area contributed by atoms with Crippen molar-refractivity contribution in [1.82, 2.24) is 9.55 Å². The van der Waals surface area contributed by atoms with Crippen LogP contribution >= 0.6 is 0 Å². The van der Waals surface area contributed by atoms with E-state index in [2.05, 4.69) is 4.98 Å². The van der Waals surface area contributed by atoms with Crippen molar-refractivity contribution < 1.29 is 13.2 Å². The third-order valence-corrected chi connectivity index (χ3v) is 3.49. The average molecular weight is 290 g/mol. The molecule has 0 spiro atoms. The molecule has 2 heterocycles. The average Bonchev–Trinajstić information content (AvgIpc) is 2.73. The summed E-state index contributed by atoms with van der Waals surface area (Å²) in [7, 11) is 1.60. The number of alkyl halides is 3. The highest BCUT2D eigenvalue weighted by molar-refractivity contribution is 6.14. The summed E-state index contributed by atoms with van der Waals surface area (Å²) in [5, 5.41) is 10.2. The van der Waals surface area contributed by atoms with Crippen LogP contribution in [0.1, 0.15) is 11.1 Å². The van der Waals surface area contributed by atoms with Gasteiger partial charge in [0.1, 0.15) is 11.9 Å². The number of rotatable bonds is 0. The number of anilines is 1. The lowest BCUT2D eigenvalue weighted by atomic mass is 10.1. The molecular formula is C14H9F3N4. The summed E-state index contributed by atoms with van der Waals surface area (Å²) in [6.07, 6.45) is -3.10. The molecule has 0 unspecified atom stereocenters. The fraction of sp³-hybridized carbons (Fsp3) is 0.143. The Morgan fingerprint density at radius 2 is 2.05 bits per heavy atom. The van der Waals surface area contributed by atoms with E-state index < -0.39 is 11.7 Å². The van der Waals surface area contributed by atoms with Crippen molar-refractivity contribution in [3.05, 3.63) is 35.5 Å². The Labute approximate surface area is 117 Å². The van der Waals surface area contributed by atoms with Crippen molar-refractivity contribution in [2.24, 2.45) is 7.05 Å². The summed E-state index contributed by atoms with van der Waals surface area (Å²) in [6, 6.07) is 5.40. The maximum Gasteiger partial charge on any atom is 0.416 e.